The zero-order chi connectivity index (χ0) is 9.84. The number of hydrogen-bond acceptors (Lipinski definition) is 3. The van der Waals surface area contributed by atoms with Crippen molar-refractivity contribution in [2.45, 2.75) is 37.3 Å². The van der Waals surface area contributed by atoms with Crippen molar-refractivity contribution in [3.63, 3.8) is 0 Å². The van der Waals surface area contributed by atoms with Crippen molar-refractivity contribution in [3.05, 3.63) is 0 Å². The van der Waals surface area contributed by atoms with Crippen molar-refractivity contribution in [2.75, 3.05) is 7.11 Å². The van der Waals surface area contributed by atoms with Crippen LogP contribution >= 0.6 is 15.9 Å². The van der Waals surface area contributed by atoms with Crippen LogP contribution in [0.4, 0.5) is 0 Å². The molecule has 76 valence electrons. The number of carbonyl (C=O) groups excluding carboxylic acids is 1. The monoisotopic (exact) mass is 250 g/mol. The molecule has 1 heterocycles. The second-order valence-corrected chi connectivity index (χ2v) is 4.32. The summed E-state index contributed by atoms with van der Waals surface area (Å²) in [6, 6.07) is 0. The molecule has 0 spiro atoms. The molecule has 0 radical (unpaired) electrons. The molecular weight excluding hydrogens is 236 g/mol. The zero-order valence-corrected chi connectivity index (χ0v) is 9.54. The van der Waals surface area contributed by atoms with E-state index in [1.54, 1.807) is 0 Å². The highest BCUT2D eigenvalue weighted by atomic mass is 79.9. The first kappa shape index (κ1) is 11.0. The Morgan fingerprint density at radius 1 is 1.62 bits per heavy atom. The molecular formula is C9H15BrO3. The van der Waals surface area contributed by atoms with Gasteiger partial charge in [-0.2, -0.15) is 0 Å². The number of hydrogen-bond donors (Lipinski definition) is 0. The van der Waals surface area contributed by atoms with Gasteiger partial charge in [0.2, 0.25) is 0 Å². The lowest BCUT2D eigenvalue weighted by atomic mass is 9.93. The standard InChI is InChI=1S/C9H15BrO3/c1-3-6-4-7(9(11)12-2)13-8(10)5-6/h6-8H,3-5H2,1-2H3/t6-,7-,8-/m0/s1. The molecule has 0 aromatic rings. The summed E-state index contributed by atoms with van der Waals surface area (Å²) in [6.07, 6.45) is 2.46. The minimum absolute atomic E-state index is 0.00435. The van der Waals surface area contributed by atoms with Gasteiger partial charge in [-0.15, -0.1) is 0 Å². The first-order valence-electron chi connectivity index (χ1n) is 4.54. The molecule has 4 heteroatoms. The molecule has 1 aliphatic rings. The SMILES string of the molecule is CC[C@@H]1C[C@@H](Br)O[C@H](C(=O)OC)C1. The van der Waals surface area contributed by atoms with E-state index >= 15 is 0 Å². The van der Waals surface area contributed by atoms with Gasteiger partial charge in [0.05, 0.1) is 7.11 Å². The number of alkyl halides is 1. The highest BCUT2D eigenvalue weighted by Crippen LogP contribution is 2.30. The number of esters is 1. The van der Waals surface area contributed by atoms with Gasteiger partial charge >= 0.3 is 5.97 Å². The number of carbonyl (C=O) groups is 1. The molecule has 3 nitrogen and oxygen atoms in total. The Morgan fingerprint density at radius 2 is 2.31 bits per heavy atom. The molecule has 0 aromatic heterocycles. The summed E-state index contributed by atoms with van der Waals surface area (Å²) in [4.78, 5) is 11.2. The largest absolute Gasteiger partial charge is 0.467 e. The molecule has 0 saturated carbocycles. The summed E-state index contributed by atoms with van der Waals surface area (Å²) in [5.74, 6) is 0.296. The predicted molar refractivity (Wildman–Crippen MR) is 52.6 cm³/mol. The Hall–Kier alpha value is -0.0900. The third-order valence-electron chi connectivity index (χ3n) is 2.42. The quantitative estimate of drug-likeness (QED) is 0.556. The fourth-order valence-electron chi connectivity index (χ4n) is 1.57. The predicted octanol–water partition coefficient (Wildman–Crippen LogP) is 2.09. The molecule has 1 aliphatic heterocycles. The molecule has 0 N–H and O–H groups in total. The van der Waals surface area contributed by atoms with Crippen LogP contribution in [0.3, 0.4) is 0 Å². The van der Waals surface area contributed by atoms with Crippen LogP contribution in [-0.4, -0.2) is 24.2 Å². The van der Waals surface area contributed by atoms with Crippen LogP contribution < -0.4 is 0 Å². The number of ether oxygens (including phenoxy) is 2. The van der Waals surface area contributed by atoms with E-state index in [0.717, 1.165) is 19.3 Å². The third-order valence-corrected chi connectivity index (χ3v) is 3.01. The highest BCUT2D eigenvalue weighted by molar-refractivity contribution is 9.09. The molecule has 1 saturated heterocycles. The van der Waals surface area contributed by atoms with Crippen LogP contribution in [0.15, 0.2) is 0 Å². The maximum absolute atomic E-state index is 11.2. The van der Waals surface area contributed by atoms with E-state index in [9.17, 15) is 4.79 Å². The van der Waals surface area contributed by atoms with Gasteiger partial charge in [0.15, 0.2) is 6.10 Å². The molecule has 0 aromatic carbocycles. The van der Waals surface area contributed by atoms with Gasteiger partial charge in [-0.3, -0.25) is 0 Å². The van der Waals surface area contributed by atoms with Crippen LogP contribution in [0, 0.1) is 5.92 Å². The Kier molecular flexibility index (Phi) is 4.19. The lowest BCUT2D eigenvalue weighted by Gasteiger charge is -2.30. The minimum Gasteiger partial charge on any atom is -0.467 e. The molecule has 0 amide bonds. The zero-order valence-electron chi connectivity index (χ0n) is 7.96. The van der Waals surface area contributed by atoms with Crippen LogP contribution in [0.5, 0.6) is 0 Å². The minimum atomic E-state index is -0.381. The van der Waals surface area contributed by atoms with Crippen molar-refractivity contribution in [3.8, 4) is 0 Å². The van der Waals surface area contributed by atoms with Gasteiger partial charge in [0.25, 0.3) is 0 Å². The number of methoxy groups -OCH3 is 1. The van der Waals surface area contributed by atoms with E-state index in [-0.39, 0.29) is 17.1 Å². The Morgan fingerprint density at radius 3 is 2.85 bits per heavy atom. The van der Waals surface area contributed by atoms with Crippen molar-refractivity contribution >= 4 is 21.9 Å². The molecule has 0 aliphatic carbocycles. The van der Waals surface area contributed by atoms with Crippen molar-refractivity contribution < 1.29 is 14.3 Å². The normalized spacial score (nSPS) is 34.2. The maximum atomic E-state index is 11.2. The highest BCUT2D eigenvalue weighted by Gasteiger charge is 2.32. The fourth-order valence-corrected chi connectivity index (χ4v) is 2.36. The molecule has 13 heavy (non-hydrogen) atoms. The van der Waals surface area contributed by atoms with Gasteiger partial charge < -0.3 is 9.47 Å². The average molecular weight is 251 g/mol. The van der Waals surface area contributed by atoms with E-state index in [4.69, 9.17) is 4.74 Å². The smallest absolute Gasteiger partial charge is 0.335 e. The molecule has 0 unspecified atom stereocenters. The van der Waals surface area contributed by atoms with Gasteiger partial charge in [0.1, 0.15) is 5.01 Å². The van der Waals surface area contributed by atoms with Crippen LogP contribution in [-0.2, 0) is 14.3 Å². The summed E-state index contributed by atoms with van der Waals surface area (Å²) in [5, 5.41) is -0.00435. The van der Waals surface area contributed by atoms with E-state index < -0.39 is 0 Å². The first-order valence-corrected chi connectivity index (χ1v) is 5.46. The number of rotatable bonds is 2. The summed E-state index contributed by atoms with van der Waals surface area (Å²) in [5.41, 5.74) is 0. The Balaban J connectivity index is 2.51. The van der Waals surface area contributed by atoms with Crippen LogP contribution in [0.1, 0.15) is 26.2 Å². The lowest BCUT2D eigenvalue weighted by Crippen LogP contribution is -2.36. The van der Waals surface area contributed by atoms with E-state index in [2.05, 4.69) is 27.6 Å². The second kappa shape index (κ2) is 4.96. The summed E-state index contributed by atoms with van der Waals surface area (Å²) in [6.45, 7) is 2.13. The Labute approximate surface area is 86.9 Å². The van der Waals surface area contributed by atoms with E-state index in [0.29, 0.717) is 5.92 Å². The molecule has 1 rings (SSSR count). The van der Waals surface area contributed by atoms with E-state index in [1.165, 1.54) is 7.11 Å². The second-order valence-electron chi connectivity index (χ2n) is 3.30. The van der Waals surface area contributed by atoms with Gasteiger partial charge in [-0.25, -0.2) is 4.79 Å². The lowest BCUT2D eigenvalue weighted by molar-refractivity contribution is -0.160. The molecule has 1 fully saturated rings. The number of halogens is 1. The molecule has 0 bridgehead atoms. The maximum Gasteiger partial charge on any atom is 0.335 e. The van der Waals surface area contributed by atoms with Crippen LogP contribution in [0.2, 0.25) is 0 Å². The van der Waals surface area contributed by atoms with E-state index in [1.807, 2.05) is 0 Å². The average Bonchev–Trinajstić information content (AvgIpc) is 2.15. The Bertz CT molecular complexity index is 184. The fraction of sp³-hybridized carbons (Fsp3) is 0.889. The summed E-state index contributed by atoms with van der Waals surface area (Å²) in [7, 11) is 1.39. The molecule has 3 atom stereocenters. The summed E-state index contributed by atoms with van der Waals surface area (Å²) < 4.78 is 10.1. The summed E-state index contributed by atoms with van der Waals surface area (Å²) >= 11 is 3.38. The van der Waals surface area contributed by atoms with Gasteiger partial charge in [-0.05, 0) is 18.8 Å². The van der Waals surface area contributed by atoms with Gasteiger partial charge in [-0.1, -0.05) is 29.3 Å². The van der Waals surface area contributed by atoms with Crippen molar-refractivity contribution in [2.24, 2.45) is 5.92 Å². The third kappa shape index (κ3) is 2.95. The van der Waals surface area contributed by atoms with Crippen molar-refractivity contribution in [1.29, 1.82) is 0 Å². The first-order chi connectivity index (χ1) is 6.17. The van der Waals surface area contributed by atoms with Crippen molar-refractivity contribution in [1.82, 2.24) is 0 Å². The topological polar surface area (TPSA) is 35.5 Å². The van der Waals surface area contributed by atoms with Gasteiger partial charge in [0, 0.05) is 0 Å². The van der Waals surface area contributed by atoms with Crippen LogP contribution in [0.25, 0.3) is 0 Å².